The molecule has 0 saturated carbocycles. The van der Waals surface area contributed by atoms with Crippen molar-refractivity contribution >= 4 is 22.4 Å². The third-order valence-electron chi connectivity index (χ3n) is 4.16. The lowest BCUT2D eigenvalue weighted by Crippen LogP contribution is -2.44. The molecule has 1 aromatic heterocycles. The van der Waals surface area contributed by atoms with E-state index in [1.165, 1.54) is 16.9 Å². The van der Waals surface area contributed by atoms with Crippen molar-refractivity contribution in [2.24, 2.45) is 0 Å². The largest absolute Gasteiger partial charge is 0.373 e. The number of ether oxygens (including phenoxy) is 1. The fourth-order valence-corrected chi connectivity index (χ4v) is 3.85. The number of anilines is 1. The number of amides is 1. The molecule has 1 aliphatic rings. The zero-order chi connectivity index (χ0) is 17.8. The second kappa shape index (κ2) is 8.08. The molecule has 2 atom stereocenters. The zero-order valence-corrected chi connectivity index (χ0v) is 15.8. The molecule has 0 bridgehead atoms. The molecule has 2 aromatic rings. The monoisotopic (exact) mass is 359 g/mol. The molecule has 0 radical (unpaired) electrons. The van der Waals surface area contributed by atoms with Crippen molar-refractivity contribution in [3.05, 3.63) is 46.5 Å². The Balaban J connectivity index is 1.52. The lowest BCUT2D eigenvalue weighted by atomic mass is 10.1. The summed E-state index contributed by atoms with van der Waals surface area (Å²) in [6.45, 7) is 8.86. The van der Waals surface area contributed by atoms with Crippen LogP contribution in [0, 0.1) is 6.92 Å². The van der Waals surface area contributed by atoms with Gasteiger partial charge in [-0.2, -0.15) is 0 Å². The average Bonchev–Trinajstić information content (AvgIpc) is 2.95. The maximum atomic E-state index is 12.2. The minimum absolute atomic E-state index is 0.0293. The maximum Gasteiger partial charge on any atom is 0.230 e. The van der Waals surface area contributed by atoms with E-state index in [1.54, 1.807) is 0 Å². The van der Waals surface area contributed by atoms with Crippen LogP contribution in [-0.4, -0.2) is 41.1 Å². The van der Waals surface area contributed by atoms with Gasteiger partial charge in [-0.05, 0) is 26.3 Å². The first-order valence-corrected chi connectivity index (χ1v) is 9.53. The number of nitrogens with one attached hydrogen (secondary N) is 1. The van der Waals surface area contributed by atoms with Crippen LogP contribution in [0.15, 0.2) is 29.6 Å². The standard InChI is InChI=1S/C19H25N3O2S/c1-13-4-6-16(7-5-13)8-18(23)21-19-20-17(12-25-19)11-22-9-14(2)24-15(3)10-22/h4-7,12,14-15H,8-11H2,1-3H3,(H,20,21,23)/t14-,15+. The Kier molecular flexibility index (Phi) is 5.83. The number of benzene rings is 1. The lowest BCUT2D eigenvalue weighted by molar-refractivity contribution is -0.115. The van der Waals surface area contributed by atoms with Crippen LogP contribution in [0.2, 0.25) is 0 Å². The van der Waals surface area contributed by atoms with Crippen LogP contribution in [0.25, 0.3) is 0 Å². The number of thiazole rings is 1. The Hall–Kier alpha value is -1.76. The average molecular weight is 359 g/mol. The highest BCUT2D eigenvalue weighted by molar-refractivity contribution is 7.13. The molecule has 0 unspecified atom stereocenters. The van der Waals surface area contributed by atoms with Crippen LogP contribution in [0.1, 0.15) is 30.7 Å². The van der Waals surface area contributed by atoms with Crippen molar-refractivity contribution in [2.75, 3.05) is 18.4 Å². The molecule has 0 spiro atoms. The van der Waals surface area contributed by atoms with E-state index >= 15 is 0 Å². The summed E-state index contributed by atoms with van der Waals surface area (Å²) in [6, 6.07) is 8.02. The van der Waals surface area contributed by atoms with Gasteiger partial charge in [-0.3, -0.25) is 9.69 Å². The van der Waals surface area contributed by atoms with Gasteiger partial charge in [0.1, 0.15) is 0 Å². The second-order valence-electron chi connectivity index (χ2n) is 6.81. The first-order chi connectivity index (χ1) is 12.0. The predicted molar refractivity (Wildman–Crippen MR) is 101 cm³/mol. The van der Waals surface area contributed by atoms with Gasteiger partial charge in [-0.1, -0.05) is 29.8 Å². The van der Waals surface area contributed by atoms with E-state index in [0.29, 0.717) is 11.6 Å². The first kappa shape index (κ1) is 18.0. The maximum absolute atomic E-state index is 12.2. The van der Waals surface area contributed by atoms with Gasteiger partial charge < -0.3 is 10.1 Å². The third-order valence-corrected chi connectivity index (χ3v) is 4.97. The number of carbonyl (C=O) groups is 1. The van der Waals surface area contributed by atoms with Crippen molar-refractivity contribution in [3.63, 3.8) is 0 Å². The number of carbonyl (C=O) groups excluding carboxylic acids is 1. The number of hydrogen-bond donors (Lipinski definition) is 1. The summed E-state index contributed by atoms with van der Waals surface area (Å²) in [6.07, 6.45) is 0.861. The Morgan fingerprint density at radius 1 is 1.28 bits per heavy atom. The highest BCUT2D eigenvalue weighted by Gasteiger charge is 2.22. The highest BCUT2D eigenvalue weighted by Crippen LogP contribution is 2.19. The quantitative estimate of drug-likeness (QED) is 0.890. The number of aryl methyl sites for hydroxylation is 1. The number of hydrogen-bond acceptors (Lipinski definition) is 5. The van der Waals surface area contributed by atoms with Gasteiger partial charge in [0.25, 0.3) is 0 Å². The van der Waals surface area contributed by atoms with Crippen LogP contribution >= 0.6 is 11.3 Å². The van der Waals surface area contributed by atoms with Gasteiger partial charge in [0.15, 0.2) is 5.13 Å². The summed E-state index contributed by atoms with van der Waals surface area (Å²) in [4.78, 5) is 19.1. The van der Waals surface area contributed by atoms with Gasteiger partial charge in [0.2, 0.25) is 5.91 Å². The molecule has 2 heterocycles. The Morgan fingerprint density at radius 2 is 1.96 bits per heavy atom. The summed E-state index contributed by atoms with van der Waals surface area (Å²) < 4.78 is 5.76. The number of aromatic nitrogens is 1. The van der Waals surface area contributed by atoms with Gasteiger partial charge in [-0.15, -0.1) is 11.3 Å². The van der Waals surface area contributed by atoms with E-state index in [0.717, 1.165) is 30.9 Å². The van der Waals surface area contributed by atoms with Crippen LogP contribution in [-0.2, 0) is 22.5 Å². The Bertz CT molecular complexity index is 704. The van der Waals surface area contributed by atoms with E-state index in [-0.39, 0.29) is 18.1 Å². The van der Waals surface area contributed by atoms with Crippen LogP contribution in [0.5, 0.6) is 0 Å². The second-order valence-corrected chi connectivity index (χ2v) is 7.66. The molecule has 134 valence electrons. The fourth-order valence-electron chi connectivity index (χ4n) is 3.13. The van der Waals surface area contributed by atoms with Gasteiger partial charge in [0.05, 0.1) is 24.3 Å². The summed E-state index contributed by atoms with van der Waals surface area (Å²) in [5, 5.41) is 5.59. The fraction of sp³-hybridized carbons (Fsp3) is 0.474. The predicted octanol–water partition coefficient (Wildman–Crippen LogP) is 3.24. The van der Waals surface area contributed by atoms with E-state index < -0.39 is 0 Å². The van der Waals surface area contributed by atoms with Crippen molar-refractivity contribution < 1.29 is 9.53 Å². The topological polar surface area (TPSA) is 54.5 Å². The minimum atomic E-state index is -0.0293. The van der Waals surface area contributed by atoms with E-state index in [9.17, 15) is 4.79 Å². The lowest BCUT2D eigenvalue weighted by Gasteiger charge is -2.34. The third kappa shape index (κ3) is 5.36. The van der Waals surface area contributed by atoms with Crippen LogP contribution in [0.4, 0.5) is 5.13 Å². The van der Waals surface area contributed by atoms with E-state index in [4.69, 9.17) is 4.74 Å². The molecule has 3 rings (SSSR count). The first-order valence-electron chi connectivity index (χ1n) is 8.65. The highest BCUT2D eigenvalue weighted by atomic mass is 32.1. The van der Waals surface area contributed by atoms with E-state index in [2.05, 4.69) is 29.0 Å². The summed E-state index contributed by atoms with van der Waals surface area (Å²) >= 11 is 1.48. The minimum Gasteiger partial charge on any atom is -0.373 e. The molecular weight excluding hydrogens is 334 g/mol. The van der Waals surface area contributed by atoms with Crippen molar-refractivity contribution in [1.29, 1.82) is 0 Å². The van der Waals surface area contributed by atoms with Gasteiger partial charge in [-0.25, -0.2) is 4.98 Å². The van der Waals surface area contributed by atoms with Crippen molar-refractivity contribution in [3.8, 4) is 0 Å². The molecule has 1 saturated heterocycles. The zero-order valence-electron chi connectivity index (χ0n) is 15.0. The molecule has 1 fully saturated rings. The molecule has 1 aromatic carbocycles. The Labute approximate surface area is 153 Å². The molecule has 5 nitrogen and oxygen atoms in total. The van der Waals surface area contributed by atoms with Crippen LogP contribution in [0.3, 0.4) is 0 Å². The number of nitrogens with zero attached hydrogens (tertiary/aromatic N) is 2. The molecule has 1 amide bonds. The SMILES string of the molecule is Cc1ccc(CC(=O)Nc2nc(CN3C[C@@H](C)O[C@@H](C)C3)cs2)cc1. The molecular formula is C19H25N3O2S. The molecule has 1 N–H and O–H groups in total. The van der Waals surface area contributed by atoms with Crippen molar-refractivity contribution in [1.82, 2.24) is 9.88 Å². The van der Waals surface area contributed by atoms with Gasteiger partial charge in [0, 0.05) is 25.0 Å². The number of morpholine rings is 1. The molecule has 1 aliphatic heterocycles. The van der Waals surface area contributed by atoms with Gasteiger partial charge >= 0.3 is 0 Å². The summed E-state index contributed by atoms with van der Waals surface area (Å²) in [5.74, 6) is -0.0293. The summed E-state index contributed by atoms with van der Waals surface area (Å²) in [7, 11) is 0. The normalized spacial score (nSPS) is 21.2. The molecule has 25 heavy (non-hydrogen) atoms. The molecule has 6 heteroatoms. The van der Waals surface area contributed by atoms with Crippen LogP contribution < -0.4 is 5.32 Å². The van der Waals surface area contributed by atoms with Crippen molar-refractivity contribution in [2.45, 2.75) is 45.9 Å². The van der Waals surface area contributed by atoms with E-state index in [1.807, 2.05) is 36.6 Å². The number of rotatable bonds is 5. The smallest absolute Gasteiger partial charge is 0.230 e. The molecule has 0 aliphatic carbocycles. The Morgan fingerprint density at radius 3 is 2.64 bits per heavy atom. The summed E-state index contributed by atoms with van der Waals surface area (Å²) in [5.41, 5.74) is 3.20.